The second-order valence-electron chi connectivity index (χ2n) is 5.99. The third-order valence-corrected chi connectivity index (χ3v) is 4.69. The lowest BCUT2D eigenvalue weighted by atomic mass is 10.0. The van der Waals surface area contributed by atoms with E-state index >= 15 is 0 Å². The maximum absolute atomic E-state index is 12.9. The zero-order chi connectivity index (χ0) is 18.4. The average Bonchev–Trinajstić information content (AvgIpc) is 2.66. The Hall–Kier alpha value is -2.58. The highest BCUT2D eigenvalue weighted by molar-refractivity contribution is 9.09. The quantitative estimate of drug-likeness (QED) is 0.467. The molecule has 26 heavy (non-hydrogen) atoms. The highest BCUT2D eigenvalue weighted by atomic mass is 79.9. The Bertz CT molecular complexity index is 883. The van der Waals surface area contributed by atoms with Crippen molar-refractivity contribution in [2.24, 2.45) is 0 Å². The summed E-state index contributed by atoms with van der Waals surface area (Å²) in [7, 11) is 0. The minimum absolute atomic E-state index is 0.0315. The SMILES string of the molecule is O=C(CBr)NCCCC(=O)N1Cc2ccccc2C#Cc2ccccc21. The van der Waals surface area contributed by atoms with Crippen LogP contribution in [0.4, 0.5) is 5.69 Å². The fraction of sp³-hybridized carbons (Fsp3) is 0.238. The largest absolute Gasteiger partial charge is 0.355 e. The first-order valence-corrected chi connectivity index (χ1v) is 9.63. The van der Waals surface area contributed by atoms with E-state index in [4.69, 9.17) is 0 Å². The molecule has 2 aromatic carbocycles. The third kappa shape index (κ3) is 4.33. The number of carbonyl (C=O) groups is 2. The van der Waals surface area contributed by atoms with E-state index in [0.717, 1.165) is 22.4 Å². The van der Waals surface area contributed by atoms with Gasteiger partial charge in [-0.15, -0.1) is 0 Å². The van der Waals surface area contributed by atoms with E-state index in [1.54, 1.807) is 4.90 Å². The summed E-state index contributed by atoms with van der Waals surface area (Å²) < 4.78 is 0. The number of hydrogen-bond acceptors (Lipinski definition) is 2. The molecule has 0 atom stereocenters. The van der Waals surface area contributed by atoms with E-state index in [9.17, 15) is 9.59 Å². The van der Waals surface area contributed by atoms with Crippen molar-refractivity contribution in [2.75, 3.05) is 16.8 Å². The highest BCUT2D eigenvalue weighted by Crippen LogP contribution is 2.26. The zero-order valence-corrected chi connectivity index (χ0v) is 15.9. The molecular weight excluding hydrogens is 392 g/mol. The van der Waals surface area contributed by atoms with E-state index in [1.165, 1.54) is 0 Å². The summed E-state index contributed by atoms with van der Waals surface area (Å²) in [5.41, 5.74) is 3.67. The molecular formula is C21H19BrN2O2. The van der Waals surface area contributed by atoms with Gasteiger partial charge in [0.1, 0.15) is 0 Å². The second-order valence-corrected chi connectivity index (χ2v) is 6.55. The van der Waals surface area contributed by atoms with Crippen molar-refractivity contribution in [1.29, 1.82) is 0 Å². The number of carbonyl (C=O) groups excluding carboxylic acids is 2. The molecule has 0 unspecified atom stereocenters. The maximum atomic E-state index is 12.9. The van der Waals surface area contributed by atoms with Crippen molar-refractivity contribution >= 4 is 33.4 Å². The summed E-state index contributed by atoms with van der Waals surface area (Å²) in [5, 5.41) is 3.04. The number of anilines is 1. The average molecular weight is 411 g/mol. The summed E-state index contributed by atoms with van der Waals surface area (Å²) in [5.74, 6) is 6.36. The van der Waals surface area contributed by atoms with Crippen molar-refractivity contribution in [1.82, 2.24) is 5.32 Å². The number of hydrogen-bond donors (Lipinski definition) is 1. The van der Waals surface area contributed by atoms with Gasteiger partial charge in [-0.3, -0.25) is 9.59 Å². The van der Waals surface area contributed by atoms with Crippen molar-refractivity contribution in [3.63, 3.8) is 0 Å². The molecule has 0 saturated carbocycles. The first kappa shape index (κ1) is 18.2. The molecule has 0 aromatic heterocycles. The topological polar surface area (TPSA) is 49.4 Å². The molecule has 1 heterocycles. The predicted molar refractivity (Wildman–Crippen MR) is 106 cm³/mol. The van der Waals surface area contributed by atoms with Gasteiger partial charge in [-0.2, -0.15) is 0 Å². The summed E-state index contributed by atoms with van der Waals surface area (Å²) in [6.45, 7) is 0.983. The molecule has 1 aliphatic heterocycles. The number of benzene rings is 2. The molecule has 1 N–H and O–H groups in total. The summed E-state index contributed by atoms with van der Waals surface area (Å²) in [6, 6.07) is 15.6. The number of amides is 2. The molecule has 0 radical (unpaired) electrons. The minimum Gasteiger partial charge on any atom is -0.355 e. The van der Waals surface area contributed by atoms with Gasteiger partial charge in [-0.1, -0.05) is 58.1 Å². The van der Waals surface area contributed by atoms with Crippen LogP contribution >= 0.6 is 15.9 Å². The molecule has 0 fully saturated rings. The Morgan fingerprint density at radius 3 is 2.54 bits per heavy atom. The first-order valence-electron chi connectivity index (χ1n) is 8.51. The Labute approximate surface area is 161 Å². The number of alkyl halides is 1. The molecule has 0 aliphatic carbocycles. The van der Waals surface area contributed by atoms with Gasteiger partial charge >= 0.3 is 0 Å². The number of fused-ring (bicyclic) bond motifs is 2. The van der Waals surface area contributed by atoms with E-state index in [1.807, 2.05) is 48.5 Å². The van der Waals surface area contributed by atoms with Gasteiger partial charge in [0, 0.05) is 24.1 Å². The Kier molecular flexibility index (Phi) is 6.08. The van der Waals surface area contributed by atoms with Crippen molar-refractivity contribution in [3.8, 4) is 11.8 Å². The van der Waals surface area contributed by atoms with E-state index in [2.05, 4.69) is 33.1 Å². The van der Waals surface area contributed by atoms with Crippen LogP contribution in [0.25, 0.3) is 0 Å². The Morgan fingerprint density at radius 1 is 1.04 bits per heavy atom. The molecule has 0 bridgehead atoms. The van der Waals surface area contributed by atoms with Crippen LogP contribution in [0.2, 0.25) is 0 Å². The third-order valence-electron chi connectivity index (χ3n) is 4.18. The lowest BCUT2D eigenvalue weighted by molar-refractivity contribution is -0.120. The first-order chi connectivity index (χ1) is 12.7. The number of halogens is 1. The van der Waals surface area contributed by atoms with Crippen LogP contribution in [0.1, 0.15) is 29.5 Å². The molecule has 132 valence electrons. The second kappa shape index (κ2) is 8.68. The molecule has 0 spiro atoms. The molecule has 5 heteroatoms. The van der Waals surface area contributed by atoms with Crippen LogP contribution in [-0.2, 0) is 16.1 Å². The summed E-state index contributed by atoms with van der Waals surface area (Å²) in [4.78, 5) is 26.0. The standard InChI is InChI=1S/C21H19BrN2O2/c22-14-20(25)23-13-5-10-21(26)24-15-18-8-2-1-6-16(18)11-12-17-7-3-4-9-19(17)24/h1-4,6-9H,5,10,13-15H2,(H,23,25). The highest BCUT2D eigenvalue weighted by Gasteiger charge is 2.20. The van der Waals surface area contributed by atoms with E-state index in [0.29, 0.717) is 25.9 Å². The van der Waals surface area contributed by atoms with Gasteiger partial charge in [0.15, 0.2) is 0 Å². The molecule has 3 rings (SSSR count). The van der Waals surface area contributed by atoms with Crippen LogP contribution in [0.15, 0.2) is 48.5 Å². The van der Waals surface area contributed by atoms with Gasteiger partial charge in [-0.05, 0) is 30.2 Å². The number of para-hydroxylation sites is 1. The summed E-state index contributed by atoms with van der Waals surface area (Å²) >= 11 is 3.11. The number of nitrogens with one attached hydrogen (secondary N) is 1. The molecule has 4 nitrogen and oxygen atoms in total. The predicted octanol–water partition coefficient (Wildman–Crippen LogP) is 3.22. The van der Waals surface area contributed by atoms with Crippen LogP contribution in [0.5, 0.6) is 0 Å². The van der Waals surface area contributed by atoms with E-state index < -0.39 is 0 Å². The fourth-order valence-electron chi connectivity index (χ4n) is 2.86. The van der Waals surface area contributed by atoms with Crippen molar-refractivity contribution in [3.05, 3.63) is 65.2 Å². The van der Waals surface area contributed by atoms with Gasteiger partial charge in [0.2, 0.25) is 11.8 Å². The van der Waals surface area contributed by atoms with Crippen molar-refractivity contribution < 1.29 is 9.59 Å². The lowest BCUT2D eigenvalue weighted by Crippen LogP contribution is -2.33. The Balaban J connectivity index is 1.81. The van der Waals surface area contributed by atoms with E-state index in [-0.39, 0.29) is 17.1 Å². The molecule has 0 saturated heterocycles. The maximum Gasteiger partial charge on any atom is 0.230 e. The van der Waals surface area contributed by atoms with Crippen molar-refractivity contribution in [2.45, 2.75) is 19.4 Å². The minimum atomic E-state index is -0.0711. The lowest BCUT2D eigenvalue weighted by Gasteiger charge is -2.26. The summed E-state index contributed by atoms with van der Waals surface area (Å²) in [6.07, 6.45) is 0.968. The van der Waals surface area contributed by atoms with Gasteiger partial charge in [0.05, 0.1) is 17.6 Å². The molecule has 1 aliphatic rings. The monoisotopic (exact) mass is 410 g/mol. The number of nitrogens with zero attached hydrogens (tertiary/aromatic N) is 1. The van der Waals surface area contributed by atoms with Gasteiger partial charge in [0.25, 0.3) is 0 Å². The Morgan fingerprint density at radius 2 is 1.73 bits per heavy atom. The zero-order valence-electron chi connectivity index (χ0n) is 14.3. The fourth-order valence-corrected chi connectivity index (χ4v) is 3.06. The van der Waals surface area contributed by atoms with Gasteiger partial charge < -0.3 is 10.2 Å². The normalized spacial score (nSPS) is 12.0. The molecule has 2 aromatic rings. The molecule has 2 amide bonds. The smallest absolute Gasteiger partial charge is 0.230 e. The van der Waals surface area contributed by atoms with Gasteiger partial charge in [-0.25, -0.2) is 0 Å². The van der Waals surface area contributed by atoms with Crippen LogP contribution in [-0.4, -0.2) is 23.7 Å². The van der Waals surface area contributed by atoms with Crippen LogP contribution < -0.4 is 10.2 Å². The number of rotatable bonds is 5. The van der Waals surface area contributed by atoms with Crippen LogP contribution in [0, 0.1) is 11.8 Å². The van der Waals surface area contributed by atoms with Crippen LogP contribution in [0.3, 0.4) is 0 Å².